The fraction of sp³-hybridized carbons (Fsp3) is 0.923. The number of carbonyl (C=O) groups excluding carboxylic acids is 1. The van der Waals surface area contributed by atoms with Gasteiger partial charge in [-0.2, -0.15) is 11.8 Å². The number of aliphatic hydroxyl groups is 1. The summed E-state index contributed by atoms with van der Waals surface area (Å²) in [5.41, 5.74) is 0. The maximum atomic E-state index is 12.2. The summed E-state index contributed by atoms with van der Waals surface area (Å²) in [5.74, 6) is 2.39. The SMILES string of the molecule is O=C(CCCO)N(CC1CCCO1)C1CCSC1. The van der Waals surface area contributed by atoms with Crippen LogP contribution in [0.4, 0.5) is 0 Å². The molecule has 4 nitrogen and oxygen atoms in total. The number of rotatable bonds is 6. The molecule has 2 unspecified atom stereocenters. The molecule has 18 heavy (non-hydrogen) atoms. The number of aliphatic hydroxyl groups excluding tert-OH is 1. The highest BCUT2D eigenvalue weighted by Crippen LogP contribution is 2.25. The first-order chi connectivity index (χ1) is 8.81. The molecule has 2 atom stereocenters. The molecule has 0 bridgehead atoms. The number of hydrogen-bond acceptors (Lipinski definition) is 4. The fourth-order valence-corrected chi connectivity index (χ4v) is 3.83. The van der Waals surface area contributed by atoms with Gasteiger partial charge in [-0.15, -0.1) is 0 Å². The summed E-state index contributed by atoms with van der Waals surface area (Å²) in [6.45, 7) is 1.68. The van der Waals surface area contributed by atoms with Gasteiger partial charge in [0.2, 0.25) is 5.91 Å². The van der Waals surface area contributed by atoms with Crippen LogP contribution in [0.5, 0.6) is 0 Å². The van der Waals surface area contributed by atoms with Crippen LogP contribution in [0.3, 0.4) is 0 Å². The van der Waals surface area contributed by atoms with Gasteiger partial charge < -0.3 is 14.7 Å². The number of nitrogens with zero attached hydrogens (tertiary/aromatic N) is 1. The molecule has 0 aromatic heterocycles. The molecular formula is C13H23NO3S. The molecule has 104 valence electrons. The summed E-state index contributed by atoms with van der Waals surface area (Å²) in [5, 5.41) is 8.85. The normalized spacial score (nSPS) is 27.6. The van der Waals surface area contributed by atoms with Crippen molar-refractivity contribution in [1.82, 2.24) is 4.90 Å². The number of amides is 1. The lowest BCUT2D eigenvalue weighted by atomic mass is 10.1. The number of ether oxygens (including phenoxy) is 1. The van der Waals surface area contributed by atoms with Crippen molar-refractivity contribution in [2.24, 2.45) is 0 Å². The van der Waals surface area contributed by atoms with Gasteiger partial charge >= 0.3 is 0 Å². The average molecular weight is 273 g/mol. The highest BCUT2D eigenvalue weighted by molar-refractivity contribution is 7.99. The summed E-state index contributed by atoms with van der Waals surface area (Å²) in [6, 6.07) is 0.380. The van der Waals surface area contributed by atoms with Crippen LogP contribution in [0.2, 0.25) is 0 Å². The standard InChI is InChI=1S/C13H23NO3S/c15-6-1-4-13(16)14(11-5-8-18-10-11)9-12-3-2-7-17-12/h11-12,15H,1-10H2. The molecule has 0 aromatic carbocycles. The summed E-state index contributed by atoms with van der Waals surface area (Å²) in [6.07, 6.45) is 4.55. The Morgan fingerprint density at radius 1 is 1.44 bits per heavy atom. The van der Waals surface area contributed by atoms with Gasteiger partial charge in [-0.25, -0.2) is 0 Å². The Morgan fingerprint density at radius 3 is 2.94 bits per heavy atom. The van der Waals surface area contributed by atoms with Crippen LogP contribution in [0, 0.1) is 0 Å². The van der Waals surface area contributed by atoms with Crippen molar-refractivity contribution < 1.29 is 14.6 Å². The molecule has 0 radical (unpaired) electrons. The highest BCUT2D eigenvalue weighted by Gasteiger charge is 2.30. The molecular weight excluding hydrogens is 250 g/mol. The van der Waals surface area contributed by atoms with Crippen molar-refractivity contribution in [3.63, 3.8) is 0 Å². The Morgan fingerprint density at radius 2 is 2.33 bits per heavy atom. The first-order valence-corrected chi connectivity index (χ1v) is 8.06. The first-order valence-electron chi connectivity index (χ1n) is 6.91. The maximum absolute atomic E-state index is 12.2. The van der Waals surface area contributed by atoms with Crippen LogP contribution in [-0.2, 0) is 9.53 Å². The van der Waals surface area contributed by atoms with E-state index in [0.29, 0.717) is 18.9 Å². The minimum Gasteiger partial charge on any atom is -0.396 e. The summed E-state index contributed by atoms with van der Waals surface area (Å²) < 4.78 is 5.65. The maximum Gasteiger partial charge on any atom is 0.223 e. The van der Waals surface area contributed by atoms with Gasteiger partial charge in [0, 0.05) is 38.0 Å². The zero-order valence-electron chi connectivity index (χ0n) is 10.8. The largest absolute Gasteiger partial charge is 0.396 e. The average Bonchev–Trinajstić information content (AvgIpc) is 3.05. The molecule has 2 aliphatic rings. The van der Waals surface area contributed by atoms with E-state index in [-0.39, 0.29) is 18.6 Å². The Balaban J connectivity index is 1.90. The quantitative estimate of drug-likeness (QED) is 0.792. The van der Waals surface area contributed by atoms with Gasteiger partial charge in [-0.3, -0.25) is 4.79 Å². The predicted octanol–water partition coefficient (Wildman–Crippen LogP) is 1.27. The smallest absolute Gasteiger partial charge is 0.223 e. The highest BCUT2D eigenvalue weighted by atomic mass is 32.2. The van der Waals surface area contributed by atoms with Gasteiger partial charge in [-0.1, -0.05) is 0 Å². The fourth-order valence-electron chi connectivity index (χ4n) is 2.60. The zero-order chi connectivity index (χ0) is 12.8. The monoisotopic (exact) mass is 273 g/mol. The van der Waals surface area contributed by atoms with Crippen molar-refractivity contribution in [3.05, 3.63) is 0 Å². The van der Waals surface area contributed by atoms with Gasteiger partial charge in [0.25, 0.3) is 0 Å². The molecule has 2 fully saturated rings. The second-order valence-corrected chi connectivity index (χ2v) is 6.18. The van der Waals surface area contributed by atoms with E-state index < -0.39 is 0 Å². The first kappa shape index (κ1) is 14.2. The predicted molar refractivity (Wildman–Crippen MR) is 72.7 cm³/mol. The second kappa shape index (κ2) is 7.36. The van der Waals surface area contributed by atoms with Gasteiger partial charge in [-0.05, 0) is 31.4 Å². The van der Waals surface area contributed by atoms with Crippen LogP contribution in [0.1, 0.15) is 32.1 Å². The van der Waals surface area contributed by atoms with E-state index in [1.807, 2.05) is 16.7 Å². The van der Waals surface area contributed by atoms with E-state index in [9.17, 15) is 4.79 Å². The van der Waals surface area contributed by atoms with E-state index in [4.69, 9.17) is 9.84 Å². The Hall–Kier alpha value is -0.260. The minimum absolute atomic E-state index is 0.0962. The molecule has 2 heterocycles. The Kier molecular flexibility index (Phi) is 5.79. The van der Waals surface area contributed by atoms with Crippen LogP contribution in [0.15, 0.2) is 0 Å². The summed E-state index contributed by atoms with van der Waals surface area (Å²) >= 11 is 1.93. The van der Waals surface area contributed by atoms with Crippen LogP contribution in [-0.4, -0.2) is 59.3 Å². The Labute approximate surface area is 113 Å². The molecule has 2 aliphatic heterocycles. The van der Waals surface area contributed by atoms with E-state index in [1.165, 1.54) is 0 Å². The van der Waals surface area contributed by atoms with Crippen molar-refractivity contribution in [2.45, 2.75) is 44.2 Å². The third kappa shape index (κ3) is 3.87. The lowest BCUT2D eigenvalue weighted by molar-refractivity contribution is -0.135. The third-order valence-corrected chi connectivity index (χ3v) is 4.78. The molecule has 2 saturated heterocycles. The molecule has 2 rings (SSSR count). The lowest BCUT2D eigenvalue weighted by Crippen LogP contribution is -2.44. The van der Waals surface area contributed by atoms with E-state index in [0.717, 1.165) is 43.9 Å². The van der Waals surface area contributed by atoms with Gasteiger partial charge in [0.1, 0.15) is 0 Å². The Bertz CT molecular complexity index is 263. The van der Waals surface area contributed by atoms with E-state index in [2.05, 4.69) is 0 Å². The zero-order valence-corrected chi connectivity index (χ0v) is 11.7. The number of thioether (sulfide) groups is 1. The number of carbonyl (C=O) groups is 1. The third-order valence-electron chi connectivity index (χ3n) is 3.64. The van der Waals surface area contributed by atoms with Crippen molar-refractivity contribution in [2.75, 3.05) is 31.3 Å². The molecule has 1 amide bonds. The van der Waals surface area contributed by atoms with Crippen molar-refractivity contribution in [3.8, 4) is 0 Å². The summed E-state index contributed by atoms with van der Waals surface area (Å²) in [4.78, 5) is 14.2. The molecule has 5 heteroatoms. The molecule has 0 saturated carbocycles. The van der Waals surface area contributed by atoms with E-state index in [1.54, 1.807) is 0 Å². The van der Waals surface area contributed by atoms with Crippen molar-refractivity contribution >= 4 is 17.7 Å². The lowest BCUT2D eigenvalue weighted by Gasteiger charge is -2.30. The van der Waals surface area contributed by atoms with E-state index >= 15 is 0 Å². The van der Waals surface area contributed by atoms with Crippen LogP contribution >= 0.6 is 11.8 Å². The van der Waals surface area contributed by atoms with Crippen LogP contribution < -0.4 is 0 Å². The molecule has 0 aliphatic carbocycles. The second-order valence-electron chi connectivity index (χ2n) is 5.03. The minimum atomic E-state index is 0.0962. The number of hydrogen-bond donors (Lipinski definition) is 1. The van der Waals surface area contributed by atoms with Crippen LogP contribution in [0.25, 0.3) is 0 Å². The molecule has 0 aromatic rings. The molecule has 1 N–H and O–H groups in total. The summed E-state index contributed by atoms with van der Waals surface area (Å²) in [7, 11) is 0. The van der Waals surface area contributed by atoms with Gasteiger partial charge in [0.05, 0.1) is 6.10 Å². The topological polar surface area (TPSA) is 49.8 Å². The molecule has 0 spiro atoms. The van der Waals surface area contributed by atoms with Gasteiger partial charge in [0.15, 0.2) is 0 Å². The van der Waals surface area contributed by atoms with Crippen molar-refractivity contribution in [1.29, 1.82) is 0 Å².